The molecule has 0 unspecified atom stereocenters. The van der Waals surface area contributed by atoms with Crippen LogP contribution < -0.4 is 20.1 Å². The summed E-state index contributed by atoms with van der Waals surface area (Å²) < 4.78 is 49.8. The summed E-state index contributed by atoms with van der Waals surface area (Å²) in [6, 6.07) is 5.74. The lowest BCUT2D eigenvalue weighted by molar-refractivity contribution is -0.141. The highest BCUT2D eigenvalue weighted by atomic mass is 19.4. The van der Waals surface area contributed by atoms with E-state index in [1.54, 1.807) is 39.0 Å². The Labute approximate surface area is 149 Å². The number of hydrogen-bond donors (Lipinski definition) is 2. The van der Waals surface area contributed by atoms with Gasteiger partial charge in [-0.3, -0.25) is 0 Å². The van der Waals surface area contributed by atoms with E-state index < -0.39 is 17.4 Å². The first kappa shape index (κ1) is 19.6. The third-order valence-corrected chi connectivity index (χ3v) is 3.16. The Morgan fingerprint density at radius 2 is 1.58 bits per heavy atom. The Hall–Kier alpha value is -2.71. The summed E-state index contributed by atoms with van der Waals surface area (Å²) in [5.74, 6) is 0.837. The van der Waals surface area contributed by atoms with Crippen molar-refractivity contribution in [1.29, 1.82) is 0 Å². The number of ether oxygens (including phenoxy) is 2. The predicted molar refractivity (Wildman–Crippen MR) is 93.2 cm³/mol. The summed E-state index contributed by atoms with van der Waals surface area (Å²) >= 11 is 0. The standard InChI is InChI=1S/C17H21F3N4O2/c1-16(2,3)24-15-22-13(17(18,19)20)9-14(23-15)21-10-6-7-11(25-4)12(8-10)26-5/h6-9H,1-5H3,(H2,21,22,23,24). The van der Waals surface area contributed by atoms with Crippen LogP contribution >= 0.6 is 0 Å². The summed E-state index contributed by atoms with van der Waals surface area (Å²) in [7, 11) is 2.97. The maximum absolute atomic E-state index is 13.2. The molecule has 2 aromatic rings. The first-order valence-corrected chi connectivity index (χ1v) is 7.75. The van der Waals surface area contributed by atoms with Crippen molar-refractivity contribution in [2.45, 2.75) is 32.5 Å². The maximum atomic E-state index is 13.2. The van der Waals surface area contributed by atoms with Crippen LogP contribution in [0.3, 0.4) is 0 Å². The minimum Gasteiger partial charge on any atom is -0.493 e. The van der Waals surface area contributed by atoms with Crippen molar-refractivity contribution in [3.63, 3.8) is 0 Å². The molecule has 1 heterocycles. The molecule has 0 bridgehead atoms. The van der Waals surface area contributed by atoms with E-state index >= 15 is 0 Å². The molecule has 0 atom stereocenters. The van der Waals surface area contributed by atoms with Crippen LogP contribution in [0.15, 0.2) is 24.3 Å². The molecule has 0 saturated carbocycles. The summed E-state index contributed by atoms with van der Waals surface area (Å²) in [4.78, 5) is 7.68. The number of methoxy groups -OCH3 is 2. The molecule has 9 heteroatoms. The number of nitrogens with one attached hydrogen (secondary N) is 2. The molecular formula is C17H21F3N4O2. The molecule has 2 rings (SSSR count). The molecule has 0 aliphatic carbocycles. The van der Waals surface area contributed by atoms with Gasteiger partial charge >= 0.3 is 6.18 Å². The zero-order valence-corrected chi connectivity index (χ0v) is 15.2. The molecule has 0 aliphatic heterocycles. The third-order valence-electron chi connectivity index (χ3n) is 3.16. The van der Waals surface area contributed by atoms with E-state index in [4.69, 9.17) is 9.47 Å². The van der Waals surface area contributed by atoms with Crippen LogP contribution in [-0.2, 0) is 6.18 Å². The van der Waals surface area contributed by atoms with Crippen LogP contribution in [0.2, 0.25) is 0 Å². The number of nitrogens with zero attached hydrogens (tertiary/aromatic N) is 2. The van der Waals surface area contributed by atoms with Crippen molar-refractivity contribution in [1.82, 2.24) is 9.97 Å². The Bertz CT molecular complexity index is 774. The van der Waals surface area contributed by atoms with Crippen molar-refractivity contribution < 1.29 is 22.6 Å². The zero-order chi connectivity index (χ0) is 19.5. The lowest BCUT2D eigenvalue weighted by atomic mass is 10.1. The number of alkyl halides is 3. The number of hydrogen-bond acceptors (Lipinski definition) is 6. The van der Waals surface area contributed by atoms with Gasteiger partial charge < -0.3 is 20.1 Å². The number of benzene rings is 1. The molecule has 0 fully saturated rings. The summed E-state index contributed by atoms with van der Waals surface area (Å²) in [6.45, 7) is 5.41. The van der Waals surface area contributed by atoms with Crippen LogP contribution in [0.25, 0.3) is 0 Å². The van der Waals surface area contributed by atoms with E-state index in [1.807, 2.05) is 0 Å². The van der Waals surface area contributed by atoms with E-state index in [9.17, 15) is 13.2 Å². The fourth-order valence-electron chi connectivity index (χ4n) is 2.11. The fourth-order valence-corrected chi connectivity index (χ4v) is 2.11. The molecule has 1 aromatic heterocycles. The van der Waals surface area contributed by atoms with Crippen LogP contribution in [0.1, 0.15) is 26.5 Å². The van der Waals surface area contributed by atoms with Crippen LogP contribution in [-0.4, -0.2) is 29.7 Å². The zero-order valence-electron chi connectivity index (χ0n) is 15.2. The van der Waals surface area contributed by atoms with Gasteiger partial charge in [-0.05, 0) is 32.9 Å². The van der Waals surface area contributed by atoms with Crippen LogP contribution in [0, 0.1) is 0 Å². The van der Waals surface area contributed by atoms with Gasteiger partial charge in [0.2, 0.25) is 5.95 Å². The van der Waals surface area contributed by atoms with Crippen molar-refractivity contribution in [3.05, 3.63) is 30.0 Å². The molecule has 2 N–H and O–H groups in total. The lowest BCUT2D eigenvalue weighted by Crippen LogP contribution is -2.28. The number of halogens is 3. The second kappa shape index (κ2) is 7.27. The Kier molecular flexibility index (Phi) is 5.48. The second-order valence-electron chi connectivity index (χ2n) is 6.53. The van der Waals surface area contributed by atoms with E-state index in [-0.39, 0.29) is 11.8 Å². The number of anilines is 3. The Morgan fingerprint density at radius 3 is 2.12 bits per heavy atom. The lowest BCUT2D eigenvalue weighted by Gasteiger charge is -2.21. The van der Waals surface area contributed by atoms with Crippen LogP contribution in [0.5, 0.6) is 11.5 Å². The van der Waals surface area contributed by atoms with E-state index in [0.29, 0.717) is 17.2 Å². The van der Waals surface area contributed by atoms with E-state index in [2.05, 4.69) is 20.6 Å². The molecule has 1 aromatic carbocycles. The second-order valence-corrected chi connectivity index (χ2v) is 6.53. The SMILES string of the molecule is COc1ccc(Nc2cc(C(F)(F)F)nc(NC(C)(C)C)n2)cc1OC. The van der Waals surface area contributed by atoms with Gasteiger partial charge in [0.15, 0.2) is 17.2 Å². The summed E-state index contributed by atoms with van der Waals surface area (Å²) in [5.41, 5.74) is -1.04. The van der Waals surface area contributed by atoms with Gasteiger partial charge in [-0.1, -0.05) is 0 Å². The molecule has 142 valence electrons. The van der Waals surface area contributed by atoms with E-state index in [1.165, 1.54) is 14.2 Å². The number of rotatable bonds is 5. The first-order chi connectivity index (χ1) is 12.0. The van der Waals surface area contributed by atoms with Gasteiger partial charge in [0.05, 0.1) is 14.2 Å². The predicted octanol–water partition coefficient (Wildman–Crippen LogP) is 4.47. The molecule has 0 spiro atoms. The Morgan fingerprint density at radius 1 is 0.923 bits per heavy atom. The van der Waals surface area contributed by atoms with Gasteiger partial charge in [0, 0.05) is 23.4 Å². The summed E-state index contributed by atoms with van der Waals surface area (Å²) in [5, 5.41) is 5.70. The molecule has 6 nitrogen and oxygen atoms in total. The highest BCUT2D eigenvalue weighted by Gasteiger charge is 2.34. The quantitative estimate of drug-likeness (QED) is 0.810. The average molecular weight is 370 g/mol. The molecular weight excluding hydrogens is 349 g/mol. The minimum atomic E-state index is -4.59. The average Bonchev–Trinajstić information content (AvgIpc) is 2.52. The number of aromatic nitrogens is 2. The minimum absolute atomic E-state index is 0.00583. The van der Waals surface area contributed by atoms with Gasteiger partial charge in [0.1, 0.15) is 5.82 Å². The van der Waals surface area contributed by atoms with Gasteiger partial charge in [0.25, 0.3) is 0 Å². The van der Waals surface area contributed by atoms with Gasteiger partial charge in [-0.25, -0.2) is 4.98 Å². The maximum Gasteiger partial charge on any atom is 0.433 e. The van der Waals surface area contributed by atoms with Crippen molar-refractivity contribution >= 4 is 17.5 Å². The molecule has 0 amide bonds. The van der Waals surface area contributed by atoms with Crippen molar-refractivity contribution in [2.75, 3.05) is 24.9 Å². The topological polar surface area (TPSA) is 68.3 Å². The van der Waals surface area contributed by atoms with Crippen molar-refractivity contribution in [3.8, 4) is 11.5 Å². The largest absolute Gasteiger partial charge is 0.493 e. The fraction of sp³-hybridized carbons (Fsp3) is 0.412. The van der Waals surface area contributed by atoms with E-state index in [0.717, 1.165) is 6.07 Å². The van der Waals surface area contributed by atoms with Crippen molar-refractivity contribution in [2.24, 2.45) is 0 Å². The third kappa shape index (κ3) is 5.14. The normalized spacial score (nSPS) is 11.8. The molecule has 0 saturated heterocycles. The van der Waals surface area contributed by atoms with Crippen LogP contribution in [0.4, 0.5) is 30.6 Å². The Balaban J connectivity index is 2.40. The molecule has 0 radical (unpaired) electrons. The first-order valence-electron chi connectivity index (χ1n) is 7.75. The smallest absolute Gasteiger partial charge is 0.433 e. The highest BCUT2D eigenvalue weighted by Crippen LogP contribution is 2.33. The molecule has 0 aliphatic rings. The summed E-state index contributed by atoms with van der Waals surface area (Å²) in [6.07, 6.45) is -4.59. The van der Waals surface area contributed by atoms with Gasteiger partial charge in [-0.2, -0.15) is 18.2 Å². The highest BCUT2D eigenvalue weighted by molar-refractivity contribution is 5.62. The monoisotopic (exact) mass is 370 g/mol. The van der Waals surface area contributed by atoms with Gasteiger partial charge in [-0.15, -0.1) is 0 Å². The molecule has 26 heavy (non-hydrogen) atoms.